The van der Waals surface area contributed by atoms with E-state index in [0.717, 1.165) is 22.9 Å². The van der Waals surface area contributed by atoms with Gasteiger partial charge in [0.25, 0.3) is 5.91 Å². The van der Waals surface area contributed by atoms with Gasteiger partial charge in [0.2, 0.25) is 5.91 Å². The summed E-state index contributed by atoms with van der Waals surface area (Å²) in [5.41, 5.74) is 7.61. The van der Waals surface area contributed by atoms with Crippen LogP contribution in [-0.4, -0.2) is 46.2 Å². The van der Waals surface area contributed by atoms with Crippen molar-refractivity contribution in [3.63, 3.8) is 0 Å². The largest absolute Gasteiger partial charge is 0.444 e. The lowest BCUT2D eigenvalue weighted by Gasteiger charge is -2.32. The highest BCUT2D eigenvalue weighted by atomic mass is 79.9. The predicted octanol–water partition coefficient (Wildman–Crippen LogP) is 4.55. The molecule has 0 aliphatic heterocycles. The van der Waals surface area contributed by atoms with Crippen molar-refractivity contribution in [3.05, 3.63) is 69.1 Å². The first-order chi connectivity index (χ1) is 19.9. The normalized spacial score (nSPS) is 17.7. The molecule has 3 aromatic rings. The van der Waals surface area contributed by atoms with E-state index in [-0.39, 0.29) is 30.0 Å². The number of ether oxygens (including phenoxy) is 1. The molecule has 1 saturated carbocycles. The van der Waals surface area contributed by atoms with Gasteiger partial charge in [-0.25, -0.2) is 14.5 Å². The van der Waals surface area contributed by atoms with Crippen molar-refractivity contribution in [2.45, 2.75) is 64.5 Å². The zero-order chi connectivity index (χ0) is 30.4. The van der Waals surface area contributed by atoms with E-state index >= 15 is 0 Å². The number of aromatic amines is 1. The van der Waals surface area contributed by atoms with Crippen molar-refractivity contribution >= 4 is 39.5 Å². The maximum absolute atomic E-state index is 13.9. The maximum atomic E-state index is 13.9. The highest BCUT2D eigenvalue weighted by Gasteiger charge is 2.35. The smallest absolute Gasteiger partial charge is 0.439 e. The van der Waals surface area contributed by atoms with Gasteiger partial charge in [-0.2, -0.15) is 0 Å². The van der Waals surface area contributed by atoms with Crippen LogP contribution in [0.5, 0.6) is 0 Å². The first kappa shape index (κ1) is 31.2. The SMILES string of the molecule is CC(C)(C)OC(=O)NCC1CCC(C(=O)N(C(=O)[C@@H](N)Cc2ccc(Br)cc2)c2ccc(-c3noc(=O)[nH]3)cc2)CC1. The molecule has 1 aromatic heterocycles. The fraction of sp³-hybridized carbons (Fsp3) is 0.433. The summed E-state index contributed by atoms with van der Waals surface area (Å²) in [6.45, 7) is 5.89. The number of hydrogen-bond donors (Lipinski definition) is 3. The number of hydrogen-bond acceptors (Lipinski definition) is 8. The average Bonchev–Trinajstić information content (AvgIpc) is 3.39. The summed E-state index contributed by atoms with van der Waals surface area (Å²) in [6.07, 6.45) is 2.38. The molecule has 11 nitrogen and oxygen atoms in total. The number of benzene rings is 2. The Balaban J connectivity index is 1.48. The van der Waals surface area contributed by atoms with Crippen LogP contribution in [0.4, 0.5) is 10.5 Å². The topological polar surface area (TPSA) is 161 Å². The fourth-order valence-electron chi connectivity index (χ4n) is 4.95. The number of carbonyl (C=O) groups excluding carboxylic acids is 3. The van der Waals surface area contributed by atoms with Crippen molar-refractivity contribution in [2.75, 3.05) is 11.4 Å². The lowest BCUT2D eigenvalue weighted by atomic mass is 9.81. The summed E-state index contributed by atoms with van der Waals surface area (Å²) >= 11 is 3.41. The maximum Gasteiger partial charge on any atom is 0.439 e. The number of nitrogens with one attached hydrogen (secondary N) is 2. The number of aromatic nitrogens is 2. The number of imide groups is 1. The number of amides is 3. The van der Waals surface area contributed by atoms with Crippen LogP contribution in [-0.2, 0) is 20.7 Å². The van der Waals surface area contributed by atoms with E-state index < -0.39 is 29.4 Å². The Morgan fingerprint density at radius 1 is 1.10 bits per heavy atom. The molecule has 1 heterocycles. The number of nitrogens with zero attached hydrogens (tertiary/aromatic N) is 2. The van der Waals surface area contributed by atoms with Crippen LogP contribution in [0.2, 0.25) is 0 Å². The molecule has 2 aromatic carbocycles. The van der Waals surface area contributed by atoms with Gasteiger partial charge in [-0.3, -0.25) is 19.1 Å². The number of halogens is 1. The van der Waals surface area contributed by atoms with Crippen molar-refractivity contribution in [1.82, 2.24) is 15.5 Å². The minimum absolute atomic E-state index is 0.203. The lowest BCUT2D eigenvalue weighted by molar-refractivity contribution is -0.130. The van der Waals surface area contributed by atoms with Crippen LogP contribution in [0, 0.1) is 11.8 Å². The monoisotopic (exact) mass is 641 g/mol. The Bertz CT molecular complexity index is 1440. The molecular formula is C30H36BrN5O6. The van der Waals surface area contributed by atoms with Gasteiger partial charge in [-0.1, -0.05) is 33.2 Å². The molecule has 12 heteroatoms. The van der Waals surface area contributed by atoms with Crippen molar-refractivity contribution in [1.29, 1.82) is 0 Å². The van der Waals surface area contributed by atoms with E-state index in [1.54, 1.807) is 24.3 Å². The molecule has 0 saturated heterocycles. The Labute approximate surface area is 252 Å². The number of H-pyrrole nitrogens is 1. The molecule has 1 fully saturated rings. The van der Waals surface area contributed by atoms with Gasteiger partial charge >= 0.3 is 11.8 Å². The van der Waals surface area contributed by atoms with Crippen LogP contribution in [0.25, 0.3) is 11.4 Å². The molecule has 0 unspecified atom stereocenters. The Morgan fingerprint density at radius 2 is 1.74 bits per heavy atom. The first-order valence-electron chi connectivity index (χ1n) is 13.9. The van der Waals surface area contributed by atoms with Crippen molar-refractivity contribution in [3.8, 4) is 11.4 Å². The minimum atomic E-state index is -0.948. The molecule has 4 rings (SSSR count). The molecule has 42 heavy (non-hydrogen) atoms. The zero-order valence-electron chi connectivity index (χ0n) is 23.9. The van der Waals surface area contributed by atoms with E-state index in [1.807, 2.05) is 45.0 Å². The third-order valence-corrected chi connectivity index (χ3v) is 7.62. The quantitative estimate of drug-likeness (QED) is 0.323. The second-order valence-corrected chi connectivity index (χ2v) is 12.5. The van der Waals surface area contributed by atoms with E-state index in [4.69, 9.17) is 10.5 Å². The molecular weight excluding hydrogens is 606 g/mol. The lowest BCUT2D eigenvalue weighted by Crippen LogP contribution is -2.50. The van der Waals surface area contributed by atoms with Gasteiger partial charge in [0, 0.05) is 22.5 Å². The molecule has 0 spiro atoms. The number of nitrogens with two attached hydrogens (primary N) is 1. The number of anilines is 1. The van der Waals surface area contributed by atoms with Gasteiger partial charge < -0.3 is 15.8 Å². The standard InChI is InChI=1S/C30H36BrN5O6/c1-30(2,3)41-28(39)33-17-19-4-8-21(9-5-19)26(37)36(27(38)24(32)16-18-6-12-22(31)13-7-18)23-14-10-20(11-15-23)25-34-29(40)42-35-25/h6-7,10-15,19,21,24H,4-5,8-9,16-17,32H2,1-3H3,(H,33,39)(H,34,35,40)/t19?,21?,24-/m0/s1. The number of carbonyl (C=O) groups is 3. The minimum Gasteiger partial charge on any atom is -0.444 e. The van der Waals surface area contributed by atoms with Crippen molar-refractivity contribution < 1.29 is 23.6 Å². The molecule has 1 atom stereocenters. The summed E-state index contributed by atoms with van der Waals surface area (Å²) in [6, 6.07) is 13.1. The van der Waals surface area contributed by atoms with Crippen LogP contribution < -0.4 is 21.7 Å². The summed E-state index contributed by atoms with van der Waals surface area (Å²) < 4.78 is 10.8. The summed E-state index contributed by atoms with van der Waals surface area (Å²) in [5.74, 6) is -1.43. The van der Waals surface area contributed by atoms with Crippen molar-refractivity contribution in [2.24, 2.45) is 17.6 Å². The molecule has 0 radical (unpaired) electrons. The van der Waals surface area contributed by atoms with E-state index in [9.17, 15) is 19.2 Å². The molecule has 3 amide bonds. The molecule has 4 N–H and O–H groups in total. The summed E-state index contributed by atoms with van der Waals surface area (Å²) in [4.78, 5) is 54.7. The third kappa shape index (κ3) is 8.39. The second kappa shape index (κ2) is 13.5. The molecule has 0 bridgehead atoms. The van der Waals surface area contributed by atoms with E-state index in [1.165, 1.54) is 4.90 Å². The zero-order valence-corrected chi connectivity index (χ0v) is 25.5. The van der Waals surface area contributed by atoms with Gasteiger partial charge in [0.15, 0.2) is 5.82 Å². The number of alkyl carbamates (subject to hydrolysis) is 1. The molecule has 224 valence electrons. The Morgan fingerprint density at radius 3 is 2.31 bits per heavy atom. The second-order valence-electron chi connectivity index (χ2n) is 11.5. The van der Waals surface area contributed by atoms with Gasteiger partial charge in [0.1, 0.15) is 5.60 Å². The average molecular weight is 643 g/mol. The first-order valence-corrected chi connectivity index (χ1v) is 14.7. The Kier molecular flexibility index (Phi) is 10.00. The van der Waals surface area contributed by atoms with Crippen LogP contribution in [0.15, 0.2) is 62.3 Å². The summed E-state index contributed by atoms with van der Waals surface area (Å²) in [5, 5.41) is 6.51. The molecule has 1 aliphatic rings. The Hall–Kier alpha value is -3.77. The highest BCUT2D eigenvalue weighted by Crippen LogP contribution is 2.32. The third-order valence-electron chi connectivity index (χ3n) is 7.10. The van der Waals surface area contributed by atoms with Gasteiger partial charge in [-0.15, -0.1) is 0 Å². The highest BCUT2D eigenvalue weighted by molar-refractivity contribution is 9.10. The van der Waals surface area contributed by atoms with Gasteiger partial charge in [-0.05, 0) is 101 Å². The summed E-state index contributed by atoms with van der Waals surface area (Å²) in [7, 11) is 0. The predicted molar refractivity (Wildman–Crippen MR) is 161 cm³/mol. The molecule has 1 aliphatic carbocycles. The van der Waals surface area contributed by atoms with E-state index in [2.05, 4.69) is 35.9 Å². The van der Waals surface area contributed by atoms with Crippen LogP contribution in [0.3, 0.4) is 0 Å². The van der Waals surface area contributed by atoms with Crippen LogP contribution in [0.1, 0.15) is 52.0 Å². The van der Waals surface area contributed by atoms with E-state index in [0.29, 0.717) is 30.6 Å². The van der Waals surface area contributed by atoms with Gasteiger partial charge in [0.05, 0.1) is 11.7 Å². The number of rotatable bonds is 8. The fourth-order valence-corrected chi connectivity index (χ4v) is 5.22. The van der Waals surface area contributed by atoms with Crippen LogP contribution >= 0.6 is 15.9 Å².